The molecule has 1 aromatic carbocycles. The van der Waals surface area contributed by atoms with Crippen molar-refractivity contribution >= 4 is 17.5 Å². The smallest absolute Gasteiger partial charge is 0.240 e. The molecule has 6 heteroatoms. The van der Waals surface area contributed by atoms with Gasteiger partial charge in [-0.1, -0.05) is 23.7 Å². The first kappa shape index (κ1) is 16.2. The van der Waals surface area contributed by atoms with E-state index in [0.717, 1.165) is 5.56 Å². The molecule has 0 saturated carbocycles. The third-order valence-corrected chi connectivity index (χ3v) is 4.29. The van der Waals surface area contributed by atoms with Gasteiger partial charge in [-0.2, -0.15) is 0 Å². The van der Waals surface area contributed by atoms with E-state index in [1.165, 1.54) is 0 Å². The van der Waals surface area contributed by atoms with Crippen LogP contribution in [0.25, 0.3) is 0 Å². The number of aliphatic hydroxyl groups excluding tert-OH is 1. The molecule has 1 saturated heterocycles. The molecule has 1 heterocycles. The number of aliphatic hydroxyl groups is 1. The van der Waals surface area contributed by atoms with Crippen molar-refractivity contribution in [3.63, 3.8) is 0 Å². The molecule has 1 amide bonds. The van der Waals surface area contributed by atoms with Crippen LogP contribution in [0.3, 0.4) is 0 Å². The average Bonchev–Trinajstić information content (AvgIpc) is 2.76. The number of carbonyl (C=O) groups is 1. The Balaban J connectivity index is 2.22. The van der Waals surface area contributed by atoms with Gasteiger partial charge in [0, 0.05) is 36.7 Å². The summed E-state index contributed by atoms with van der Waals surface area (Å²) in [6.07, 6.45) is 0.537. The van der Waals surface area contributed by atoms with E-state index in [1.807, 2.05) is 25.1 Å². The number of benzene rings is 1. The third-order valence-electron chi connectivity index (χ3n) is 4.06. The van der Waals surface area contributed by atoms with Gasteiger partial charge in [-0.05, 0) is 31.0 Å². The van der Waals surface area contributed by atoms with Gasteiger partial charge in [0.2, 0.25) is 5.91 Å². The minimum absolute atomic E-state index is 0.0572. The van der Waals surface area contributed by atoms with Crippen molar-refractivity contribution in [3.05, 3.63) is 34.9 Å². The highest BCUT2D eigenvalue weighted by atomic mass is 35.5. The van der Waals surface area contributed by atoms with Gasteiger partial charge in [0.25, 0.3) is 0 Å². The zero-order valence-corrected chi connectivity index (χ0v) is 12.9. The molecule has 0 radical (unpaired) electrons. The summed E-state index contributed by atoms with van der Waals surface area (Å²) >= 11 is 6.06. The Hall–Kier alpha value is -1.14. The minimum Gasteiger partial charge on any atom is -0.396 e. The quantitative estimate of drug-likeness (QED) is 0.600. The van der Waals surface area contributed by atoms with Crippen LogP contribution >= 0.6 is 11.6 Å². The summed E-state index contributed by atoms with van der Waals surface area (Å²) in [6, 6.07) is 7.32. The van der Waals surface area contributed by atoms with Gasteiger partial charge < -0.3 is 21.5 Å². The van der Waals surface area contributed by atoms with Crippen molar-refractivity contribution in [3.8, 4) is 0 Å². The molecule has 0 spiro atoms. The maximum Gasteiger partial charge on any atom is 0.240 e. The van der Waals surface area contributed by atoms with Crippen molar-refractivity contribution in [2.75, 3.05) is 19.7 Å². The van der Waals surface area contributed by atoms with Gasteiger partial charge in [0.05, 0.1) is 0 Å². The fraction of sp³-hybridized carbons (Fsp3) is 0.533. The number of nitrogens with one attached hydrogen (secondary N) is 2. The highest BCUT2D eigenvalue weighted by Crippen LogP contribution is 2.36. The van der Waals surface area contributed by atoms with Crippen molar-refractivity contribution in [1.82, 2.24) is 10.6 Å². The second-order valence-corrected chi connectivity index (χ2v) is 6.05. The van der Waals surface area contributed by atoms with Crippen LogP contribution in [0.5, 0.6) is 0 Å². The Morgan fingerprint density at radius 1 is 1.62 bits per heavy atom. The normalized spacial score (nSPS) is 28.6. The number of hydrogen-bond donors (Lipinski definition) is 4. The van der Waals surface area contributed by atoms with E-state index < -0.39 is 5.54 Å². The van der Waals surface area contributed by atoms with Crippen molar-refractivity contribution in [2.24, 2.45) is 5.73 Å². The largest absolute Gasteiger partial charge is 0.396 e. The van der Waals surface area contributed by atoms with Crippen LogP contribution in [-0.4, -0.2) is 42.3 Å². The van der Waals surface area contributed by atoms with Crippen LogP contribution in [0, 0.1) is 0 Å². The van der Waals surface area contributed by atoms with E-state index in [4.69, 9.17) is 22.4 Å². The lowest BCUT2D eigenvalue weighted by Crippen LogP contribution is -2.55. The molecule has 0 bridgehead atoms. The number of nitrogens with two attached hydrogens (primary N) is 1. The zero-order valence-electron chi connectivity index (χ0n) is 12.1. The van der Waals surface area contributed by atoms with Gasteiger partial charge >= 0.3 is 0 Å². The molecular formula is C15H22ClN3O2. The molecule has 1 aromatic rings. The summed E-state index contributed by atoms with van der Waals surface area (Å²) in [5.74, 6) is -0.251. The Kier molecular flexibility index (Phi) is 5.22. The number of hydrogen-bond acceptors (Lipinski definition) is 4. The Bertz CT molecular complexity index is 511. The van der Waals surface area contributed by atoms with Gasteiger partial charge in [-0.15, -0.1) is 0 Å². The van der Waals surface area contributed by atoms with Crippen molar-refractivity contribution in [2.45, 2.75) is 30.8 Å². The van der Waals surface area contributed by atoms with Gasteiger partial charge in [0.1, 0.15) is 5.54 Å². The summed E-state index contributed by atoms with van der Waals surface area (Å²) in [6.45, 7) is 2.94. The van der Waals surface area contributed by atoms with E-state index in [2.05, 4.69) is 10.6 Å². The molecule has 0 aromatic heterocycles. The molecule has 116 valence electrons. The molecule has 2 rings (SSSR count). The first-order chi connectivity index (χ1) is 9.99. The Morgan fingerprint density at radius 3 is 3.05 bits per heavy atom. The molecule has 1 aliphatic rings. The van der Waals surface area contributed by atoms with Crippen LogP contribution in [0.15, 0.2) is 24.3 Å². The van der Waals surface area contributed by atoms with Crippen LogP contribution in [0.1, 0.15) is 24.8 Å². The molecular weight excluding hydrogens is 290 g/mol. The molecule has 5 nitrogen and oxygen atoms in total. The average molecular weight is 312 g/mol. The fourth-order valence-electron chi connectivity index (χ4n) is 2.95. The predicted octanol–water partition coefficient (Wildman–Crippen LogP) is 0.611. The van der Waals surface area contributed by atoms with Crippen molar-refractivity contribution in [1.29, 1.82) is 0 Å². The van der Waals surface area contributed by atoms with Crippen LogP contribution in [0.4, 0.5) is 0 Å². The minimum atomic E-state index is -0.778. The molecule has 1 fully saturated rings. The third kappa shape index (κ3) is 3.37. The number of carbonyl (C=O) groups excluding carboxylic acids is 1. The predicted molar refractivity (Wildman–Crippen MR) is 83.3 cm³/mol. The molecule has 3 atom stereocenters. The summed E-state index contributed by atoms with van der Waals surface area (Å²) < 4.78 is 0. The number of halogens is 1. The van der Waals surface area contributed by atoms with E-state index in [9.17, 15) is 4.79 Å². The standard InChI is InChI=1S/C15H22ClN3O2/c1-15(14(21)18-6-3-7-20)13(12(17)9-19-15)10-4-2-5-11(16)8-10/h2,4-5,8,12-13,19-20H,3,6-7,9,17H2,1H3,(H,18,21)/t12?,13-,15-/m1/s1. The SMILES string of the molecule is C[C@@]1(C(=O)NCCCO)NCC(N)[C@H]1c1cccc(Cl)c1. The molecule has 5 N–H and O–H groups in total. The van der Waals surface area contributed by atoms with Crippen molar-refractivity contribution < 1.29 is 9.90 Å². The molecule has 0 aliphatic carbocycles. The number of rotatable bonds is 5. The highest BCUT2D eigenvalue weighted by Gasteiger charge is 2.49. The summed E-state index contributed by atoms with van der Waals surface area (Å²) in [4.78, 5) is 12.5. The second-order valence-electron chi connectivity index (χ2n) is 5.61. The van der Waals surface area contributed by atoms with E-state index in [1.54, 1.807) is 6.07 Å². The first-order valence-corrected chi connectivity index (χ1v) is 7.52. The fourth-order valence-corrected chi connectivity index (χ4v) is 3.15. The van der Waals surface area contributed by atoms with Gasteiger partial charge in [-0.25, -0.2) is 0 Å². The van der Waals surface area contributed by atoms with E-state index in [0.29, 0.717) is 24.5 Å². The number of amides is 1. The van der Waals surface area contributed by atoms with Crippen LogP contribution < -0.4 is 16.4 Å². The zero-order chi connectivity index (χ0) is 15.5. The van der Waals surface area contributed by atoms with Gasteiger partial charge in [-0.3, -0.25) is 4.79 Å². The maximum atomic E-state index is 12.5. The Labute approximate surface area is 129 Å². The topological polar surface area (TPSA) is 87.4 Å². The Morgan fingerprint density at radius 2 is 2.38 bits per heavy atom. The lowest BCUT2D eigenvalue weighted by Gasteiger charge is -2.32. The highest BCUT2D eigenvalue weighted by molar-refractivity contribution is 6.30. The molecule has 1 unspecified atom stereocenters. The monoisotopic (exact) mass is 311 g/mol. The maximum absolute atomic E-state index is 12.5. The van der Waals surface area contributed by atoms with E-state index >= 15 is 0 Å². The van der Waals surface area contributed by atoms with Crippen LogP contribution in [0.2, 0.25) is 5.02 Å². The lowest BCUT2D eigenvalue weighted by atomic mass is 9.79. The summed E-state index contributed by atoms with van der Waals surface area (Å²) in [5, 5.41) is 15.5. The summed E-state index contributed by atoms with van der Waals surface area (Å²) in [5.41, 5.74) is 6.38. The van der Waals surface area contributed by atoms with Crippen LogP contribution in [-0.2, 0) is 4.79 Å². The second kappa shape index (κ2) is 6.75. The summed E-state index contributed by atoms with van der Waals surface area (Å²) in [7, 11) is 0. The van der Waals surface area contributed by atoms with E-state index in [-0.39, 0.29) is 24.5 Å². The van der Waals surface area contributed by atoms with Gasteiger partial charge in [0.15, 0.2) is 0 Å². The molecule has 1 aliphatic heterocycles. The first-order valence-electron chi connectivity index (χ1n) is 7.14. The molecule has 21 heavy (non-hydrogen) atoms. The lowest BCUT2D eigenvalue weighted by molar-refractivity contribution is -0.127.